The van der Waals surface area contributed by atoms with E-state index >= 15 is 0 Å². The lowest BCUT2D eigenvalue weighted by Gasteiger charge is -2.57. The fourth-order valence-electron chi connectivity index (χ4n) is 5.32. The van der Waals surface area contributed by atoms with Gasteiger partial charge in [-0.15, -0.1) is 0 Å². The van der Waals surface area contributed by atoms with Gasteiger partial charge in [0, 0.05) is 17.6 Å². The van der Waals surface area contributed by atoms with Crippen LogP contribution in [0, 0.1) is 22.7 Å². The zero-order valence-corrected chi connectivity index (χ0v) is 14.5. The fourth-order valence-corrected chi connectivity index (χ4v) is 5.32. The molecular formula is C20H28O3. The zero-order chi connectivity index (χ0) is 16.8. The van der Waals surface area contributed by atoms with Crippen molar-refractivity contribution in [1.29, 1.82) is 0 Å². The third-order valence-electron chi connectivity index (χ3n) is 6.46. The number of fused-ring (bicyclic) bond motifs is 1. The Morgan fingerprint density at radius 1 is 1.35 bits per heavy atom. The topological polar surface area (TPSA) is 46.5 Å². The lowest BCUT2D eigenvalue weighted by atomic mass is 9.47. The van der Waals surface area contributed by atoms with Crippen molar-refractivity contribution >= 4 is 5.97 Å². The first-order chi connectivity index (χ1) is 10.7. The summed E-state index contributed by atoms with van der Waals surface area (Å²) in [5.41, 5.74) is 2.40. The summed E-state index contributed by atoms with van der Waals surface area (Å²) in [7, 11) is 0. The van der Waals surface area contributed by atoms with Gasteiger partial charge in [-0.25, -0.2) is 4.79 Å². The minimum absolute atomic E-state index is 0.211. The number of esters is 1. The van der Waals surface area contributed by atoms with Crippen molar-refractivity contribution in [2.45, 2.75) is 59.2 Å². The molecule has 0 aromatic heterocycles. The number of hydrogen-bond acceptors (Lipinski definition) is 3. The smallest absolute Gasteiger partial charge is 0.333 e. The third-order valence-corrected chi connectivity index (χ3v) is 6.46. The van der Waals surface area contributed by atoms with E-state index in [2.05, 4.69) is 33.4 Å². The standard InChI is InChI=1S/C20H28O3/c1-13-6-9-16-19(2,3)10-5-11-20(16,4)15(13)8-7-14-12-17(21)23-18(14)22/h7-8,12,15-16,18,22H,1,5-6,9-11H2,2-4H3/t15?,16?,18?,20-/m1/s1. The molecule has 1 aliphatic heterocycles. The molecule has 0 amide bonds. The highest BCUT2D eigenvalue weighted by atomic mass is 16.6. The Morgan fingerprint density at radius 2 is 2.09 bits per heavy atom. The molecule has 1 N–H and O–H groups in total. The third kappa shape index (κ3) is 2.80. The van der Waals surface area contributed by atoms with Crippen LogP contribution in [-0.4, -0.2) is 17.4 Å². The van der Waals surface area contributed by atoms with Crippen LogP contribution in [0.3, 0.4) is 0 Å². The Morgan fingerprint density at radius 3 is 2.74 bits per heavy atom. The highest BCUT2D eigenvalue weighted by Gasteiger charge is 2.52. The maximum absolute atomic E-state index is 11.2. The van der Waals surface area contributed by atoms with Crippen LogP contribution in [0.15, 0.2) is 36.0 Å². The molecule has 0 saturated heterocycles. The van der Waals surface area contributed by atoms with Crippen molar-refractivity contribution in [2.75, 3.05) is 0 Å². The number of carbonyl (C=O) groups is 1. The predicted octanol–water partition coefficient (Wildman–Crippen LogP) is 4.14. The summed E-state index contributed by atoms with van der Waals surface area (Å²) in [6, 6.07) is 0. The lowest BCUT2D eigenvalue weighted by molar-refractivity contribution is -0.150. The maximum Gasteiger partial charge on any atom is 0.333 e. The first-order valence-corrected chi connectivity index (χ1v) is 8.70. The SMILES string of the molecule is C=C1CCC2C(C)(C)CCC[C@]2(C)C1C=CC1=CC(=O)OC1O. The number of hydrogen-bond donors (Lipinski definition) is 1. The Balaban J connectivity index is 1.89. The van der Waals surface area contributed by atoms with Crippen LogP contribution < -0.4 is 0 Å². The zero-order valence-electron chi connectivity index (χ0n) is 14.5. The van der Waals surface area contributed by atoms with Crippen LogP contribution in [0.4, 0.5) is 0 Å². The van der Waals surface area contributed by atoms with Crippen molar-refractivity contribution in [3.8, 4) is 0 Å². The highest BCUT2D eigenvalue weighted by Crippen LogP contribution is 2.61. The van der Waals surface area contributed by atoms with Gasteiger partial charge in [-0.2, -0.15) is 0 Å². The van der Waals surface area contributed by atoms with Crippen molar-refractivity contribution < 1.29 is 14.6 Å². The van der Waals surface area contributed by atoms with Gasteiger partial charge in [-0.1, -0.05) is 51.5 Å². The van der Waals surface area contributed by atoms with Crippen LogP contribution in [0.2, 0.25) is 0 Å². The summed E-state index contributed by atoms with van der Waals surface area (Å²) in [6.07, 6.45) is 10.3. The summed E-state index contributed by atoms with van der Waals surface area (Å²) < 4.78 is 4.76. The molecule has 0 radical (unpaired) electrons. The highest BCUT2D eigenvalue weighted by molar-refractivity contribution is 5.86. The molecule has 0 aromatic rings. The van der Waals surface area contributed by atoms with Crippen LogP contribution in [0.25, 0.3) is 0 Å². The van der Waals surface area contributed by atoms with E-state index in [1.54, 1.807) is 0 Å². The molecule has 2 saturated carbocycles. The first-order valence-electron chi connectivity index (χ1n) is 8.70. The van der Waals surface area contributed by atoms with Crippen molar-refractivity contribution in [1.82, 2.24) is 0 Å². The molecule has 3 heteroatoms. The number of carbonyl (C=O) groups excluding carboxylic acids is 1. The van der Waals surface area contributed by atoms with Gasteiger partial charge in [0.15, 0.2) is 0 Å². The van der Waals surface area contributed by atoms with Crippen molar-refractivity contribution in [3.63, 3.8) is 0 Å². The number of aliphatic hydroxyl groups excluding tert-OH is 1. The number of ether oxygens (including phenoxy) is 1. The Labute approximate surface area is 139 Å². The number of cyclic esters (lactones) is 1. The summed E-state index contributed by atoms with van der Waals surface area (Å²) in [4.78, 5) is 11.2. The molecule has 0 aromatic carbocycles. The van der Waals surface area contributed by atoms with Crippen LogP contribution >= 0.6 is 0 Å². The van der Waals surface area contributed by atoms with Gasteiger partial charge < -0.3 is 9.84 Å². The monoisotopic (exact) mass is 316 g/mol. The first kappa shape index (κ1) is 16.5. The number of aliphatic hydroxyl groups is 1. The van der Waals surface area contributed by atoms with Gasteiger partial charge in [0.1, 0.15) is 0 Å². The Bertz CT molecular complexity index is 584. The molecule has 1 heterocycles. The molecule has 3 rings (SSSR count). The van der Waals surface area contributed by atoms with Crippen LogP contribution in [0.1, 0.15) is 52.9 Å². The van der Waals surface area contributed by atoms with Crippen molar-refractivity contribution in [3.05, 3.63) is 36.0 Å². The van der Waals surface area contributed by atoms with Gasteiger partial charge in [-0.3, -0.25) is 0 Å². The largest absolute Gasteiger partial charge is 0.428 e. The Kier molecular flexibility index (Phi) is 4.04. The van der Waals surface area contributed by atoms with Crippen LogP contribution in [-0.2, 0) is 9.53 Å². The molecule has 0 spiro atoms. The van der Waals surface area contributed by atoms with Gasteiger partial charge in [0.05, 0.1) is 0 Å². The molecule has 4 atom stereocenters. The van der Waals surface area contributed by atoms with E-state index in [9.17, 15) is 9.90 Å². The maximum atomic E-state index is 11.2. The molecule has 2 fully saturated rings. The summed E-state index contributed by atoms with van der Waals surface area (Å²) in [5.74, 6) is 0.511. The molecule has 126 valence electrons. The number of rotatable bonds is 2. The van der Waals surface area contributed by atoms with Gasteiger partial charge in [0.25, 0.3) is 0 Å². The molecule has 3 nitrogen and oxygen atoms in total. The minimum Gasteiger partial charge on any atom is -0.428 e. The van der Waals surface area contributed by atoms with E-state index in [1.807, 2.05) is 6.08 Å². The van der Waals surface area contributed by atoms with Crippen LogP contribution in [0.5, 0.6) is 0 Å². The molecule has 3 unspecified atom stereocenters. The van der Waals surface area contributed by atoms with E-state index in [4.69, 9.17) is 4.74 Å². The lowest BCUT2D eigenvalue weighted by Crippen LogP contribution is -2.48. The van der Waals surface area contributed by atoms with E-state index in [0.717, 1.165) is 6.42 Å². The molecule has 23 heavy (non-hydrogen) atoms. The molecule has 2 aliphatic carbocycles. The quantitative estimate of drug-likeness (QED) is 0.615. The molecular weight excluding hydrogens is 288 g/mol. The van der Waals surface area contributed by atoms with Gasteiger partial charge >= 0.3 is 5.97 Å². The van der Waals surface area contributed by atoms with E-state index in [0.29, 0.717) is 22.8 Å². The average Bonchev–Trinajstić information content (AvgIpc) is 2.75. The van der Waals surface area contributed by atoms with E-state index in [1.165, 1.54) is 37.3 Å². The second-order valence-electron chi connectivity index (χ2n) is 8.37. The summed E-state index contributed by atoms with van der Waals surface area (Å²) in [6.45, 7) is 11.5. The van der Waals surface area contributed by atoms with E-state index < -0.39 is 12.3 Å². The molecule has 0 bridgehead atoms. The number of allylic oxidation sites excluding steroid dienone is 2. The molecule has 3 aliphatic rings. The second kappa shape index (κ2) is 5.62. The van der Waals surface area contributed by atoms with Gasteiger partial charge in [0.2, 0.25) is 6.29 Å². The second-order valence-corrected chi connectivity index (χ2v) is 8.37. The van der Waals surface area contributed by atoms with Gasteiger partial charge in [-0.05, 0) is 42.4 Å². The van der Waals surface area contributed by atoms with Crippen molar-refractivity contribution in [2.24, 2.45) is 22.7 Å². The van der Waals surface area contributed by atoms with E-state index in [-0.39, 0.29) is 5.41 Å². The normalized spacial score (nSPS) is 40.0. The average molecular weight is 316 g/mol. The summed E-state index contributed by atoms with van der Waals surface area (Å²) >= 11 is 0. The fraction of sp³-hybridized carbons (Fsp3) is 0.650. The minimum atomic E-state index is -1.12. The summed E-state index contributed by atoms with van der Waals surface area (Å²) in [5, 5.41) is 9.75. The predicted molar refractivity (Wildman–Crippen MR) is 90.4 cm³/mol. The Hall–Kier alpha value is -1.35.